The van der Waals surface area contributed by atoms with Crippen molar-refractivity contribution < 1.29 is 9.47 Å². The topological polar surface area (TPSA) is 37.5 Å². The Morgan fingerprint density at radius 2 is 1.96 bits per heavy atom. The highest BCUT2D eigenvalue weighted by Gasteiger charge is 2.22. The maximum atomic E-state index is 6.04. The summed E-state index contributed by atoms with van der Waals surface area (Å²) in [6.45, 7) is 2.31. The van der Waals surface area contributed by atoms with Crippen LogP contribution in [0.15, 0.2) is 54.7 Å². The number of ether oxygens (including phenoxy) is 2. The highest BCUT2D eigenvalue weighted by Crippen LogP contribution is 2.31. The summed E-state index contributed by atoms with van der Waals surface area (Å²) in [5.41, 5.74) is 2.51. The number of H-pyrrole nitrogens is 1. The second-order valence-electron chi connectivity index (χ2n) is 6.05. The number of hydrogen-bond donors (Lipinski definition) is 1. The molecule has 1 aliphatic heterocycles. The van der Waals surface area contributed by atoms with Crippen molar-refractivity contribution in [3.05, 3.63) is 60.3 Å². The van der Waals surface area contributed by atoms with Gasteiger partial charge >= 0.3 is 0 Å². The van der Waals surface area contributed by atoms with Crippen LogP contribution in [-0.2, 0) is 6.54 Å². The molecule has 118 valence electrons. The average molecular weight is 308 g/mol. The molecular weight excluding hydrogens is 288 g/mol. The zero-order valence-corrected chi connectivity index (χ0v) is 13.2. The first-order chi connectivity index (χ1) is 11.3. The molecule has 0 radical (unpaired) electrons. The number of hydrogen-bond acceptors (Lipinski definition) is 3. The lowest BCUT2D eigenvalue weighted by Crippen LogP contribution is -2.39. The number of benzene rings is 2. The molecular formula is C19H20N2O2. The molecule has 3 aromatic rings. The number of likely N-dealkylation sites (N-methyl/N-ethyl adjacent to an activating group) is 1. The molecule has 2 heterocycles. The molecule has 1 N–H and O–H groups in total. The fraction of sp³-hybridized carbons (Fsp3) is 0.263. The third-order valence-corrected chi connectivity index (χ3v) is 4.21. The molecule has 23 heavy (non-hydrogen) atoms. The Hall–Kier alpha value is -2.46. The van der Waals surface area contributed by atoms with E-state index < -0.39 is 0 Å². The molecule has 0 saturated heterocycles. The molecule has 0 spiro atoms. The first kappa shape index (κ1) is 14.2. The van der Waals surface area contributed by atoms with Gasteiger partial charge in [0, 0.05) is 30.2 Å². The summed E-state index contributed by atoms with van der Waals surface area (Å²) < 4.78 is 11.8. The number of rotatable bonds is 4. The number of aromatic amines is 1. The van der Waals surface area contributed by atoms with Gasteiger partial charge < -0.3 is 14.5 Å². The van der Waals surface area contributed by atoms with Crippen molar-refractivity contribution in [2.24, 2.45) is 0 Å². The van der Waals surface area contributed by atoms with Crippen LogP contribution < -0.4 is 9.47 Å². The van der Waals surface area contributed by atoms with Gasteiger partial charge in [-0.1, -0.05) is 24.3 Å². The summed E-state index contributed by atoms with van der Waals surface area (Å²) in [6, 6.07) is 16.4. The van der Waals surface area contributed by atoms with E-state index in [1.54, 1.807) is 0 Å². The summed E-state index contributed by atoms with van der Waals surface area (Å²) >= 11 is 0. The molecule has 4 heteroatoms. The monoisotopic (exact) mass is 308 g/mol. The highest BCUT2D eigenvalue weighted by molar-refractivity contribution is 5.82. The van der Waals surface area contributed by atoms with Crippen LogP contribution in [0.1, 0.15) is 5.56 Å². The Morgan fingerprint density at radius 1 is 1.09 bits per heavy atom. The average Bonchev–Trinajstić information content (AvgIpc) is 3.04. The van der Waals surface area contributed by atoms with Crippen LogP contribution in [0.2, 0.25) is 0 Å². The van der Waals surface area contributed by atoms with Crippen LogP contribution in [0.25, 0.3) is 10.9 Å². The van der Waals surface area contributed by atoms with Gasteiger partial charge in [0.05, 0.1) is 0 Å². The largest absolute Gasteiger partial charge is 0.486 e. The molecule has 4 nitrogen and oxygen atoms in total. The maximum Gasteiger partial charge on any atom is 0.161 e. The van der Waals surface area contributed by atoms with Gasteiger partial charge in [0.1, 0.15) is 12.7 Å². The first-order valence-corrected chi connectivity index (χ1v) is 7.91. The molecule has 0 bridgehead atoms. The van der Waals surface area contributed by atoms with Crippen molar-refractivity contribution in [1.29, 1.82) is 0 Å². The van der Waals surface area contributed by atoms with Crippen LogP contribution in [0.3, 0.4) is 0 Å². The van der Waals surface area contributed by atoms with Gasteiger partial charge in [0.2, 0.25) is 0 Å². The van der Waals surface area contributed by atoms with E-state index in [1.165, 1.54) is 16.5 Å². The molecule has 0 aliphatic carbocycles. The van der Waals surface area contributed by atoms with E-state index in [4.69, 9.17) is 9.47 Å². The summed E-state index contributed by atoms with van der Waals surface area (Å²) in [4.78, 5) is 5.54. The van der Waals surface area contributed by atoms with Crippen molar-refractivity contribution >= 4 is 10.9 Å². The van der Waals surface area contributed by atoms with Crippen LogP contribution in [0, 0.1) is 0 Å². The molecule has 2 aromatic carbocycles. The third kappa shape index (κ3) is 2.90. The molecule has 1 unspecified atom stereocenters. The van der Waals surface area contributed by atoms with Crippen molar-refractivity contribution in [2.75, 3.05) is 20.2 Å². The summed E-state index contributed by atoms with van der Waals surface area (Å²) in [5, 5.41) is 1.28. The van der Waals surface area contributed by atoms with Gasteiger partial charge in [0.25, 0.3) is 0 Å². The van der Waals surface area contributed by atoms with Gasteiger partial charge in [-0.15, -0.1) is 0 Å². The lowest BCUT2D eigenvalue weighted by molar-refractivity contribution is 0.0639. The molecule has 0 amide bonds. The molecule has 1 atom stereocenters. The van der Waals surface area contributed by atoms with Gasteiger partial charge in [-0.3, -0.25) is 4.90 Å². The van der Waals surface area contributed by atoms with E-state index in [0.29, 0.717) is 6.61 Å². The predicted octanol–water partition coefficient (Wildman–Crippen LogP) is 3.44. The highest BCUT2D eigenvalue weighted by atomic mass is 16.6. The number of aromatic nitrogens is 1. The van der Waals surface area contributed by atoms with Crippen molar-refractivity contribution in [3.8, 4) is 11.5 Å². The van der Waals surface area contributed by atoms with E-state index in [0.717, 1.165) is 24.6 Å². The fourth-order valence-electron chi connectivity index (χ4n) is 3.14. The van der Waals surface area contributed by atoms with E-state index in [2.05, 4.69) is 41.2 Å². The van der Waals surface area contributed by atoms with Crippen LogP contribution >= 0.6 is 0 Å². The molecule has 1 aromatic heterocycles. The van der Waals surface area contributed by atoms with Crippen molar-refractivity contribution in [1.82, 2.24) is 9.88 Å². The number of nitrogens with zero attached hydrogens (tertiary/aromatic N) is 1. The number of fused-ring (bicyclic) bond motifs is 2. The van der Waals surface area contributed by atoms with Crippen LogP contribution in [-0.4, -0.2) is 36.2 Å². The minimum Gasteiger partial charge on any atom is -0.486 e. The molecule has 0 fully saturated rings. The van der Waals surface area contributed by atoms with Crippen LogP contribution in [0.4, 0.5) is 0 Å². The quantitative estimate of drug-likeness (QED) is 0.802. The first-order valence-electron chi connectivity index (χ1n) is 7.91. The third-order valence-electron chi connectivity index (χ3n) is 4.21. The SMILES string of the molecule is CN(Cc1cccc2[nH]ccc12)CC1COc2ccccc2O1. The molecule has 4 rings (SSSR count). The Labute approximate surface area is 135 Å². The van der Waals surface area contributed by atoms with Gasteiger partial charge in [-0.05, 0) is 36.9 Å². The standard InChI is InChI=1S/C19H20N2O2/c1-21(11-14-5-4-6-17-16(14)9-10-20-17)12-15-13-22-18-7-2-3-8-19(18)23-15/h2-10,15,20H,11-13H2,1H3. The Morgan fingerprint density at radius 3 is 2.87 bits per heavy atom. The van der Waals surface area contributed by atoms with Gasteiger partial charge in [0.15, 0.2) is 11.5 Å². The van der Waals surface area contributed by atoms with E-state index in [1.807, 2.05) is 30.5 Å². The van der Waals surface area contributed by atoms with E-state index >= 15 is 0 Å². The summed E-state index contributed by atoms with van der Waals surface area (Å²) in [5.74, 6) is 1.67. The minimum atomic E-state index is 0.0559. The van der Waals surface area contributed by atoms with Crippen molar-refractivity contribution in [2.45, 2.75) is 12.6 Å². The van der Waals surface area contributed by atoms with Gasteiger partial charge in [-0.2, -0.15) is 0 Å². The second kappa shape index (κ2) is 5.97. The van der Waals surface area contributed by atoms with E-state index in [-0.39, 0.29) is 6.10 Å². The predicted molar refractivity (Wildman–Crippen MR) is 91.0 cm³/mol. The zero-order valence-electron chi connectivity index (χ0n) is 13.2. The van der Waals surface area contributed by atoms with Gasteiger partial charge in [-0.25, -0.2) is 0 Å². The minimum absolute atomic E-state index is 0.0559. The summed E-state index contributed by atoms with van der Waals surface area (Å²) in [7, 11) is 2.12. The fourth-order valence-corrected chi connectivity index (χ4v) is 3.14. The Bertz CT molecular complexity index is 812. The number of para-hydroxylation sites is 2. The smallest absolute Gasteiger partial charge is 0.161 e. The number of nitrogens with one attached hydrogen (secondary N) is 1. The Kier molecular flexibility index (Phi) is 3.67. The van der Waals surface area contributed by atoms with Crippen molar-refractivity contribution in [3.63, 3.8) is 0 Å². The second-order valence-corrected chi connectivity index (χ2v) is 6.05. The molecule has 1 aliphatic rings. The lowest BCUT2D eigenvalue weighted by Gasteiger charge is -2.29. The maximum absolute atomic E-state index is 6.04. The summed E-state index contributed by atoms with van der Waals surface area (Å²) in [6.07, 6.45) is 2.05. The Balaban J connectivity index is 1.43. The van der Waals surface area contributed by atoms with E-state index in [9.17, 15) is 0 Å². The van der Waals surface area contributed by atoms with Crippen LogP contribution in [0.5, 0.6) is 11.5 Å². The lowest BCUT2D eigenvalue weighted by atomic mass is 10.1. The zero-order chi connectivity index (χ0) is 15.6. The normalized spacial score (nSPS) is 16.9. The molecule has 0 saturated carbocycles.